The van der Waals surface area contributed by atoms with Gasteiger partial charge in [0.15, 0.2) is 0 Å². The third-order valence-electron chi connectivity index (χ3n) is 2.40. The molecular weight excluding hydrogens is 556 g/mol. The van der Waals surface area contributed by atoms with Crippen LogP contribution in [0, 0.1) is 0 Å². The van der Waals surface area contributed by atoms with Crippen molar-refractivity contribution in [1.29, 1.82) is 0 Å². The Morgan fingerprint density at radius 3 is 0.895 bits per heavy atom. The molecule has 2 nitrogen and oxygen atoms in total. The van der Waals surface area contributed by atoms with Gasteiger partial charge in [0.2, 0.25) is 0 Å². The van der Waals surface area contributed by atoms with Gasteiger partial charge in [0.1, 0.15) is 0 Å². The van der Waals surface area contributed by atoms with E-state index in [-0.39, 0.29) is 70.7 Å². The van der Waals surface area contributed by atoms with Gasteiger partial charge in [-0.1, -0.05) is 25.7 Å². The molecule has 0 aromatic heterocycles. The van der Waals surface area contributed by atoms with Gasteiger partial charge in [0, 0.05) is 31.8 Å². The summed E-state index contributed by atoms with van der Waals surface area (Å²) in [7, 11) is 0. The fourth-order valence-corrected chi connectivity index (χ4v) is 1.83. The predicted octanol–water partition coefficient (Wildman–Crippen LogP) is -8.46. The normalized spacial score (nSPS) is 18.6. The molecule has 2 saturated heterocycles. The average Bonchev–Trinajstić information content (AvgIpc) is 2.21. The Labute approximate surface area is 166 Å². The second-order valence-corrected chi connectivity index (χ2v) is 4.93. The summed E-state index contributed by atoms with van der Waals surface area (Å²) in [5.74, 6) is 0. The van der Waals surface area contributed by atoms with Crippen LogP contribution in [0.25, 0.3) is 10.6 Å². The molecule has 0 bridgehead atoms. The van der Waals surface area contributed by atoms with Crippen molar-refractivity contribution in [3.63, 3.8) is 0 Å². The molecule has 126 valence electrons. The minimum atomic E-state index is 0. The summed E-state index contributed by atoms with van der Waals surface area (Å²) in [6.45, 7) is 3.92. The van der Waals surface area contributed by atoms with Crippen molar-refractivity contribution in [2.24, 2.45) is 0 Å². The first-order valence-corrected chi connectivity index (χ1v) is 6.21. The summed E-state index contributed by atoms with van der Waals surface area (Å²) in [5.41, 5.74) is 0. The third kappa shape index (κ3) is 20.3. The molecule has 2 aliphatic heterocycles. The average molecular weight is 574 g/mol. The molecule has 0 aliphatic carbocycles. The van der Waals surface area contributed by atoms with E-state index in [1.807, 2.05) is 0 Å². The van der Waals surface area contributed by atoms with E-state index in [4.69, 9.17) is 23.2 Å². The van der Waals surface area contributed by atoms with E-state index >= 15 is 0 Å². The summed E-state index contributed by atoms with van der Waals surface area (Å²) in [6.07, 6.45) is 4.34. The summed E-state index contributed by atoms with van der Waals surface area (Å²) >= 11 is 11.5. The van der Waals surface area contributed by atoms with Gasteiger partial charge in [-0.15, -0.1) is 49.4 Å². The number of hydrogen-bond donors (Lipinski definition) is 0. The van der Waals surface area contributed by atoms with Crippen molar-refractivity contribution in [1.82, 2.24) is 0 Å². The smallest absolute Gasteiger partial charge is 0.0303 e. The van der Waals surface area contributed by atoms with E-state index in [2.05, 4.69) is 10.6 Å². The van der Waals surface area contributed by atoms with Crippen molar-refractivity contribution < 1.29 is 70.7 Å². The minimum absolute atomic E-state index is 0. The Bertz CT molecular complexity index is 130. The fourth-order valence-electron chi connectivity index (χ4n) is 1.44. The van der Waals surface area contributed by atoms with Crippen LogP contribution in [0.4, 0.5) is 0 Å². The second kappa shape index (κ2) is 22.6. The molecular formula is C10H18Cl6N2Pt-6. The largest absolute Gasteiger partial charge is 1.00 e. The van der Waals surface area contributed by atoms with Crippen molar-refractivity contribution in [3.8, 4) is 0 Å². The van der Waals surface area contributed by atoms with Crippen molar-refractivity contribution in [2.45, 2.75) is 36.4 Å². The van der Waals surface area contributed by atoms with E-state index in [1.165, 1.54) is 0 Å². The maximum absolute atomic E-state index is 5.76. The van der Waals surface area contributed by atoms with Gasteiger partial charge in [-0.05, 0) is 0 Å². The summed E-state index contributed by atoms with van der Waals surface area (Å²) in [4.78, 5) is 0. The maximum atomic E-state index is 5.76. The maximum Gasteiger partial charge on any atom is 0.0303 e. The molecule has 9 heteroatoms. The van der Waals surface area contributed by atoms with Crippen LogP contribution < -0.4 is 49.6 Å². The summed E-state index contributed by atoms with van der Waals surface area (Å²) in [6, 6.07) is 0. The molecule has 0 unspecified atom stereocenters. The van der Waals surface area contributed by atoms with Crippen molar-refractivity contribution >= 4 is 23.2 Å². The summed E-state index contributed by atoms with van der Waals surface area (Å²) in [5, 5.41) is 9.11. The molecule has 0 saturated carbocycles. The van der Waals surface area contributed by atoms with E-state index < -0.39 is 0 Å². The molecule has 0 radical (unpaired) electrons. The number of piperidine rings is 2. The van der Waals surface area contributed by atoms with Crippen LogP contribution >= 0.6 is 23.2 Å². The summed E-state index contributed by atoms with van der Waals surface area (Å²) < 4.78 is 0. The quantitative estimate of drug-likeness (QED) is 0.258. The Morgan fingerprint density at radius 2 is 0.789 bits per heavy atom. The van der Waals surface area contributed by atoms with Gasteiger partial charge in [0.25, 0.3) is 0 Å². The molecule has 0 atom stereocenters. The second-order valence-electron chi connectivity index (χ2n) is 3.69. The van der Waals surface area contributed by atoms with E-state index in [0.29, 0.717) is 10.8 Å². The molecule has 0 aromatic rings. The number of halogens is 6. The van der Waals surface area contributed by atoms with E-state index in [1.54, 1.807) is 0 Å². The van der Waals surface area contributed by atoms with Crippen molar-refractivity contribution in [3.05, 3.63) is 10.6 Å². The number of alkyl halides is 2. The van der Waals surface area contributed by atoms with Gasteiger partial charge in [0.05, 0.1) is 0 Å². The minimum Gasteiger partial charge on any atom is -1.00 e. The van der Waals surface area contributed by atoms with Gasteiger partial charge in [-0.3, -0.25) is 0 Å². The Hall–Kier alpha value is 2.35. The molecule has 2 fully saturated rings. The van der Waals surface area contributed by atoms with Crippen LogP contribution in [0.15, 0.2) is 0 Å². The van der Waals surface area contributed by atoms with Gasteiger partial charge >= 0.3 is 0 Å². The molecule has 0 amide bonds. The first-order chi connectivity index (χ1) is 6.79. The number of nitrogens with zero attached hydrogens (tertiary/aromatic N) is 2. The Balaban J connectivity index is -0.0000000544. The van der Waals surface area contributed by atoms with Crippen LogP contribution in [0.2, 0.25) is 0 Å². The third-order valence-corrected chi connectivity index (χ3v) is 3.27. The standard InChI is InChI=1S/2C5H9ClN.4ClH.Pt/c2*6-5-1-3-7-4-2-5;;;;;/h2*5H,1-4H2;4*1H;/q2*-1;;;;;/p-4. The van der Waals surface area contributed by atoms with Crippen LogP contribution in [0.3, 0.4) is 0 Å². The van der Waals surface area contributed by atoms with Crippen LogP contribution in [-0.4, -0.2) is 36.9 Å². The zero-order valence-corrected chi connectivity index (χ0v) is 17.1. The molecule has 2 heterocycles. The Kier molecular flexibility index (Phi) is 39.4. The van der Waals surface area contributed by atoms with Crippen LogP contribution in [0.1, 0.15) is 25.7 Å². The fraction of sp³-hybridized carbons (Fsp3) is 1.00. The first kappa shape index (κ1) is 33.1. The van der Waals surface area contributed by atoms with Crippen LogP contribution in [0.5, 0.6) is 0 Å². The Morgan fingerprint density at radius 1 is 0.579 bits per heavy atom. The van der Waals surface area contributed by atoms with Crippen LogP contribution in [-0.2, 0) is 21.1 Å². The van der Waals surface area contributed by atoms with Crippen molar-refractivity contribution in [2.75, 3.05) is 26.2 Å². The molecule has 0 N–H and O–H groups in total. The van der Waals surface area contributed by atoms with E-state index in [0.717, 1.165) is 51.9 Å². The number of hydrogen-bond acceptors (Lipinski definition) is 0. The molecule has 2 rings (SSSR count). The SMILES string of the molecule is ClC1CC[N-]CC1.ClC1CC[N-]CC1.[Cl-].[Cl-].[Cl-].[Cl-].[Pt]. The molecule has 2 aliphatic rings. The molecule has 0 aromatic carbocycles. The first-order valence-electron chi connectivity index (χ1n) is 5.33. The number of rotatable bonds is 0. The zero-order valence-electron chi connectivity index (χ0n) is 10.3. The van der Waals surface area contributed by atoms with Gasteiger partial charge < -0.3 is 60.3 Å². The molecule has 19 heavy (non-hydrogen) atoms. The molecule has 0 spiro atoms. The monoisotopic (exact) mass is 571 g/mol. The predicted molar refractivity (Wildman–Crippen MR) is 63.9 cm³/mol. The topological polar surface area (TPSA) is 28.2 Å². The van der Waals surface area contributed by atoms with Gasteiger partial charge in [-0.25, -0.2) is 0 Å². The van der Waals surface area contributed by atoms with Gasteiger partial charge in [-0.2, -0.15) is 0 Å². The van der Waals surface area contributed by atoms with E-state index in [9.17, 15) is 0 Å². The zero-order chi connectivity index (χ0) is 10.2.